The number of nitrogens with one attached hydrogen (secondary N) is 2. The maximum absolute atomic E-state index is 4.46. The van der Waals surface area contributed by atoms with Gasteiger partial charge in [-0.1, -0.05) is 6.07 Å². The molecule has 0 spiro atoms. The molecule has 2 heterocycles. The van der Waals surface area contributed by atoms with Gasteiger partial charge >= 0.3 is 0 Å². The third-order valence-electron chi connectivity index (χ3n) is 2.95. The van der Waals surface area contributed by atoms with Gasteiger partial charge in [-0.3, -0.25) is 9.98 Å². The fraction of sp³-hybridized carbons (Fsp3) is 0.400. The second-order valence-electron chi connectivity index (χ2n) is 4.73. The first-order valence-corrected chi connectivity index (χ1v) is 7.83. The van der Waals surface area contributed by atoms with Gasteiger partial charge in [0, 0.05) is 31.1 Å². The lowest BCUT2D eigenvalue weighted by molar-refractivity contribution is 0.775. The van der Waals surface area contributed by atoms with Crippen molar-refractivity contribution in [2.45, 2.75) is 26.8 Å². The first-order chi connectivity index (χ1) is 10.2. The van der Waals surface area contributed by atoms with Crippen molar-refractivity contribution in [2.24, 2.45) is 4.99 Å². The van der Waals surface area contributed by atoms with Crippen molar-refractivity contribution < 1.29 is 0 Å². The molecule has 0 aliphatic carbocycles. The summed E-state index contributed by atoms with van der Waals surface area (Å²) in [6, 6.07) is 6.01. The Balaban J connectivity index is 1.76. The summed E-state index contributed by atoms with van der Waals surface area (Å²) in [4.78, 5) is 13.1. The van der Waals surface area contributed by atoms with Gasteiger partial charge in [0.25, 0.3) is 0 Å². The fourth-order valence-corrected chi connectivity index (χ4v) is 2.57. The van der Waals surface area contributed by atoms with E-state index in [2.05, 4.69) is 31.0 Å². The smallest absolute Gasteiger partial charge is 0.191 e. The highest BCUT2D eigenvalue weighted by atomic mass is 32.1. The predicted molar refractivity (Wildman–Crippen MR) is 87.7 cm³/mol. The molecule has 21 heavy (non-hydrogen) atoms. The van der Waals surface area contributed by atoms with Crippen LogP contribution in [-0.2, 0) is 13.0 Å². The van der Waals surface area contributed by atoms with Crippen molar-refractivity contribution in [1.82, 2.24) is 20.6 Å². The van der Waals surface area contributed by atoms with Crippen LogP contribution in [0.3, 0.4) is 0 Å². The van der Waals surface area contributed by atoms with Crippen LogP contribution in [0.4, 0.5) is 0 Å². The molecule has 0 radical (unpaired) electrons. The molecule has 0 saturated carbocycles. The number of guanidine groups is 1. The summed E-state index contributed by atoms with van der Waals surface area (Å²) < 4.78 is 0. The minimum absolute atomic E-state index is 0.664. The van der Waals surface area contributed by atoms with E-state index in [1.807, 2.05) is 32.0 Å². The number of aryl methyl sites for hydroxylation is 2. The van der Waals surface area contributed by atoms with Crippen LogP contribution in [0.25, 0.3) is 0 Å². The molecule has 2 rings (SSSR count). The van der Waals surface area contributed by atoms with E-state index in [0.29, 0.717) is 6.54 Å². The van der Waals surface area contributed by atoms with E-state index >= 15 is 0 Å². The van der Waals surface area contributed by atoms with Gasteiger partial charge in [-0.15, -0.1) is 11.3 Å². The molecule has 0 fully saturated rings. The molecule has 0 aliphatic heterocycles. The van der Waals surface area contributed by atoms with Crippen LogP contribution < -0.4 is 10.6 Å². The molecular formula is C15H21N5S. The number of hydrogen-bond donors (Lipinski definition) is 2. The molecule has 0 aromatic carbocycles. The quantitative estimate of drug-likeness (QED) is 0.655. The average molecular weight is 303 g/mol. The minimum atomic E-state index is 0.664. The highest BCUT2D eigenvalue weighted by Gasteiger charge is 2.01. The fourth-order valence-electron chi connectivity index (χ4n) is 1.92. The average Bonchev–Trinajstić information content (AvgIpc) is 2.88. The zero-order valence-corrected chi connectivity index (χ0v) is 13.5. The number of thiazole rings is 1. The molecule has 0 unspecified atom stereocenters. The summed E-state index contributed by atoms with van der Waals surface area (Å²) in [7, 11) is 1.77. The highest BCUT2D eigenvalue weighted by molar-refractivity contribution is 7.09. The lowest BCUT2D eigenvalue weighted by Gasteiger charge is -2.11. The Morgan fingerprint density at radius 3 is 2.71 bits per heavy atom. The Kier molecular flexibility index (Phi) is 5.68. The number of pyridine rings is 1. The summed E-state index contributed by atoms with van der Waals surface area (Å²) >= 11 is 1.68. The van der Waals surface area contributed by atoms with Gasteiger partial charge in [0.15, 0.2) is 5.96 Å². The number of aromatic nitrogens is 2. The monoisotopic (exact) mass is 303 g/mol. The Labute approximate surface area is 129 Å². The van der Waals surface area contributed by atoms with E-state index in [1.165, 1.54) is 0 Å². The van der Waals surface area contributed by atoms with Gasteiger partial charge in [0.2, 0.25) is 0 Å². The summed E-state index contributed by atoms with van der Waals surface area (Å²) in [6.45, 7) is 5.49. The highest BCUT2D eigenvalue weighted by Crippen LogP contribution is 2.07. The standard InChI is InChI=1S/C15H21N5S/c1-11-5-4-6-13(19-11)9-18-15(16-3)17-8-7-14-10-21-12(2)20-14/h4-6,10H,7-9H2,1-3H3,(H2,16,17,18). The molecule has 0 saturated heterocycles. The molecule has 2 N–H and O–H groups in total. The van der Waals surface area contributed by atoms with Crippen LogP contribution in [0.5, 0.6) is 0 Å². The molecule has 2 aromatic rings. The number of hydrogen-bond acceptors (Lipinski definition) is 4. The van der Waals surface area contributed by atoms with E-state index < -0.39 is 0 Å². The normalized spacial score (nSPS) is 11.5. The first kappa shape index (κ1) is 15.4. The van der Waals surface area contributed by atoms with E-state index in [1.54, 1.807) is 18.4 Å². The van der Waals surface area contributed by atoms with Gasteiger partial charge in [-0.05, 0) is 26.0 Å². The van der Waals surface area contributed by atoms with Crippen LogP contribution in [0, 0.1) is 13.8 Å². The maximum Gasteiger partial charge on any atom is 0.191 e. The molecule has 6 heteroatoms. The van der Waals surface area contributed by atoms with Crippen LogP contribution in [0.2, 0.25) is 0 Å². The molecule has 0 atom stereocenters. The van der Waals surface area contributed by atoms with Gasteiger partial charge in [0.1, 0.15) is 0 Å². The van der Waals surface area contributed by atoms with E-state index in [9.17, 15) is 0 Å². The Bertz CT molecular complexity index is 606. The molecule has 0 bridgehead atoms. The van der Waals surface area contributed by atoms with Crippen molar-refractivity contribution in [2.75, 3.05) is 13.6 Å². The summed E-state index contributed by atoms with van der Waals surface area (Å²) in [6.07, 6.45) is 0.897. The first-order valence-electron chi connectivity index (χ1n) is 6.95. The SMILES string of the molecule is CN=C(NCCc1csc(C)n1)NCc1cccc(C)n1. The van der Waals surface area contributed by atoms with Crippen LogP contribution in [0.1, 0.15) is 22.1 Å². The molecule has 2 aromatic heterocycles. The Hall–Kier alpha value is -1.95. The predicted octanol–water partition coefficient (Wildman–Crippen LogP) is 2.06. The van der Waals surface area contributed by atoms with E-state index in [4.69, 9.17) is 0 Å². The Morgan fingerprint density at radius 2 is 2.05 bits per heavy atom. The zero-order valence-electron chi connectivity index (χ0n) is 12.7. The van der Waals surface area contributed by atoms with Crippen LogP contribution in [-0.4, -0.2) is 29.5 Å². The van der Waals surface area contributed by atoms with Crippen molar-refractivity contribution in [3.63, 3.8) is 0 Å². The van der Waals surface area contributed by atoms with E-state index in [0.717, 1.165) is 41.0 Å². The summed E-state index contributed by atoms with van der Waals surface area (Å²) in [5, 5.41) is 9.76. The molecular weight excluding hydrogens is 282 g/mol. The van der Waals surface area contributed by atoms with Gasteiger partial charge in [-0.25, -0.2) is 4.98 Å². The topological polar surface area (TPSA) is 62.2 Å². The van der Waals surface area contributed by atoms with Crippen molar-refractivity contribution in [3.05, 3.63) is 45.7 Å². The number of nitrogens with zero attached hydrogens (tertiary/aromatic N) is 3. The van der Waals surface area contributed by atoms with Gasteiger partial charge in [0.05, 0.1) is 22.9 Å². The zero-order chi connectivity index (χ0) is 15.1. The molecule has 5 nitrogen and oxygen atoms in total. The largest absolute Gasteiger partial charge is 0.356 e. The number of aliphatic imine (C=N–C) groups is 1. The lowest BCUT2D eigenvalue weighted by atomic mass is 10.3. The van der Waals surface area contributed by atoms with Crippen molar-refractivity contribution in [1.29, 1.82) is 0 Å². The molecule has 0 aliphatic rings. The number of rotatable bonds is 5. The summed E-state index contributed by atoms with van der Waals surface area (Å²) in [5.74, 6) is 0.783. The second-order valence-corrected chi connectivity index (χ2v) is 5.79. The lowest BCUT2D eigenvalue weighted by Crippen LogP contribution is -2.38. The van der Waals surface area contributed by atoms with Crippen LogP contribution >= 0.6 is 11.3 Å². The minimum Gasteiger partial charge on any atom is -0.356 e. The van der Waals surface area contributed by atoms with Crippen molar-refractivity contribution in [3.8, 4) is 0 Å². The van der Waals surface area contributed by atoms with Gasteiger partial charge < -0.3 is 10.6 Å². The third-order valence-corrected chi connectivity index (χ3v) is 3.77. The van der Waals surface area contributed by atoms with Crippen molar-refractivity contribution >= 4 is 17.3 Å². The second kappa shape index (κ2) is 7.73. The summed E-state index contributed by atoms with van der Waals surface area (Å²) in [5.41, 5.74) is 3.16. The molecule has 0 amide bonds. The maximum atomic E-state index is 4.46. The molecule has 112 valence electrons. The third kappa shape index (κ3) is 5.15. The van der Waals surface area contributed by atoms with E-state index in [-0.39, 0.29) is 0 Å². The van der Waals surface area contributed by atoms with Gasteiger partial charge in [-0.2, -0.15) is 0 Å². The Morgan fingerprint density at radius 1 is 1.19 bits per heavy atom. The van der Waals surface area contributed by atoms with Crippen LogP contribution in [0.15, 0.2) is 28.6 Å².